The minimum atomic E-state index is -0.109. The monoisotopic (exact) mass is 271 g/mol. The fourth-order valence-electron chi connectivity index (χ4n) is 1.93. The highest BCUT2D eigenvalue weighted by Gasteiger charge is 2.15. The van der Waals surface area contributed by atoms with Crippen LogP contribution in [-0.4, -0.2) is 12.5 Å². The zero-order valence-corrected chi connectivity index (χ0v) is 11.3. The summed E-state index contributed by atoms with van der Waals surface area (Å²) in [5.74, 6) is 0.616. The van der Waals surface area contributed by atoms with Crippen molar-refractivity contribution in [1.82, 2.24) is 0 Å². The van der Waals surface area contributed by atoms with Crippen molar-refractivity contribution in [2.75, 3.05) is 11.9 Å². The van der Waals surface area contributed by atoms with Gasteiger partial charge in [-0.25, -0.2) is 0 Å². The van der Waals surface area contributed by atoms with Crippen LogP contribution in [-0.2, 0) is 4.79 Å². The summed E-state index contributed by atoms with van der Waals surface area (Å²) >= 11 is 1.70. The van der Waals surface area contributed by atoms with Gasteiger partial charge in [0.25, 0.3) is 5.91 Å². The summed E-state index contributed by atoms with van der Waals surface area (Å²) in [6.07, 6.45) is 4.12. The van der Waals surface area contributed by atoms with Crippen LogP contribution in [0.3, 0.4) is 0 Å². The number of aryl methyl sites for hydroxylation is 1. The van der Waals surface area contributed by atoms with Gasteiger partial charge in [-0.1, -0.05) is 18.2 Å². The Morgan fingerprint density at radius 1 is 1.32 bits per heavy atom. The molecule has 0 radical (unpaired) electrons. The Bertz CT molecular complexity index is 658. The molecule has 0 bridgehead atoms. The van der Waals surface area contributed by atoms with Gasteiger partial charge in [0.15, 0.2) is 6.61 Å². The molecule has 2 aromatic rings. The van der Waals surface area contributed by atoms with Crippen molar-refractivity contribution in [3.63, 3.8) is 0 Å². The van der Waals surface area contributed by atoms with Crippen LogP contribution in [0.5, 0.6) is 5.75 Å². The average molecular weight is 271 g/mol. The quantitative estimate of drug-likeness (QED) is 0.907. The number of anilines is 1. The van der Waals surface area contributed by atoms with Crippen LogP contribution in [0.2, 0.25) is 0 Å². The molecule has 3 rings (SSSR count). The molecule has 0 fully saturated rings. The molecule has 0 saturated carbocycles. The topological polar surface area (TPSA) is 38.3 Å². The van der Waals surface area contributed by atoms with Gasteiger partial charge >= 0.3 is 0 Å². The second-order valence-corrected chi connectivity index (χ2v) is 5.18. The fourth-order valence-corrected chi connectivity index (χ4v) is 2.75. The van der Waals surface area contributed by atoms with Crippen LogP contribution in [0.1, 0.15) is 16.7 Å². The maximum absolute atomic E-state index is 11.3. The molecule has 2 heterocycles. The standard InChI is InChI=1S/C15H13NO2S/c1-10-8-19-9-12(10)4-2-11-3-5-14-13(6-11)16-15(17)7-18-14/h2-6,8-9H,7H2,1H3,(H,16,17)/b4-2+. The van der Waals surface area contributed by atoms with Crippen molar-refractivity contribution in [2.24, 2.45) is 0 Å². The first-order valence-corrected chi connectivity index (χ1v) is 6.94. The molecule has 0 atom stereocenters. The second kappa shape index (κ2) is 4.90. The molecular formula is C15H13NO2S. The molecule has 1 aromatic heterocycles. The van der Waals surface area contributed by atoms with Crippen molar-refractivity contribution < 1.29 is 9.53 Å². The van der Waals surface area contributed by atoms with Gasteiger partial charge in [-0.15, -0.1) is 0 Å². The molecule has 1 amide bonds. The predicted molar refractivity (Wildman–Crippen MR) is 78.6 cm³/mol. The van der Waals surface area contributed by atoms with Crippen LogP contribution in [0, 0.1) is 6.92 Å². The van der Waals surface area contributed by atoms with Crippen molar-refractivity contribution in [1.29, 1.82) is 0 Å². The molecular weight excluding hydrogens is 258 g/mol. The van der Waals surface area contributed by atoms with Crippen LogP contribution < -0.4 is 10.1 Å². The number of thiophene rings is 1. The van der Waals surface area contributed by atoms with E-state index in [0.717, 1.165) is 17.0 Å². The molecule has 0 aliphatic carbocycles. The Morgan fingerprint density at radius 3 is 3.00 bits per heavy atom. The molecule has 1 aromatic carbocycles. The normalized spacial score (nSPS) is 14.1. The number of carbonyl (C=O) groups excluding carboxylic acids is 1. The number of benzene rings is 1. The van der Waals surface area contributed by atoms with Gasteiger partial charge in [-0.2, -0.15) is 11.3 Å². The Morgan fingerprint density at radius 2 is 2.21 bits per heavy atom. The lowest BCUT2D eigenvalue weighted by molar-refractivity contribution is -0.118. The SMILES string of the molecule is Cc1cscc1/C=C/c1ccc2c(c1)NC(=O)CO2. The zero-order chi connectivity index (χ0) is 13.2. The van der Waals surface area contributed by atoms with Gasteiger partial charge in [0.2, 0.25) is 0 Å². The average Bonchev–Trinajstić information content (AvgIpc) is 2.81. The smallest absolute Gasteiger partial charge is 0.262 e. The highest BCUT2D eigenvalue weighted by molar-refractivity contribution is 7.08. The number of hydrogen-bond acceptors (Lipinski definition) is 3. The number of ether oxygens (including phenoxy) is 1. The largest absolute Gasteiger partial charge is 0.482 e. The summed E-state index contributed by atoms with van der Waals surface area (Å²) < 4.78 is 5.33. The highest BCUT2D eigenvalue weighted by atomic mass is 32.1. The minimum absolute atomic E-state index is 0.0935. The molecule has 3 nitrogen and oxygen atoms in total. The van der Waals surface area contributed by atoms with Gasteiger partial charge in [-0.05, 0) is 46.5 Å². The summed E-state index contributed by atoms with van der Waals surface area (Å²) in [5.41, 5.74) is 4.27. The van der Waals surface area contributed by atoms with Crippen LogP contribution in [0.4, 0.5) is 5.69 Å². The highest BCUT2D eigenvalue weighted by Crippen LogP contribution is 2.29. The number of amides is 1. The number of carbonyl (C=O) groups is 1. The second-order valence-electron chi connectivity index (χ2n) is 4.44. The molecule has 96 valence electrons. The van der Waals surface area contributed by atoms with E-state index in [1.807, 2.05) is 24.3 Å². The summed E-state index contributed by atoms with van der Waals surface area (Å²) in [6, 6.07) is 5.79. The van der Waals surface area contributed by atoms with Gasteiger partial charge in [0.1, 0.15) is 5.75 Å². The lowest BCUT2D eigenvalue weighted by Gasteiger charge is -2.17. The lowest BCUT2D eigenvalue weighted by atomic mass is 10.1. The van der Waals surface area contributed by atoms with Crippen molar-refractivity contribution in [3.05, 3.63) is 45.6 Å². The van der Waals surface area contributed by atoms with Gasteiger partial charge < -0.3 is 10.1 Å². The Labute approximate surface area is 115 Å². The minimum Gasteiger partial charge on any atom is -0.482 e. The van der Waals surface area contributed by atoms with Crippen LogP contribution in [0.25, 0.3) is 12.2 Å². The Balaban J connectivity index is 1.86. The number of nitrogens with one attached hydrogen (secondary N) is 1. The van der Waals surface area contributed by atoms with Crippen molar-refractivity contribution in [3.8, 4) is 5.75 Å². The maximum atomic E-state index is 11.3. The van der Waals surface area contributed by atoms with Crippen LogP contribution in [0.15, 0.2) is 29.0 Å². The van der Waals surface area contributed by atoms with Gasteiger partial charge in [-0.3, -0.25) is 4.79 Å². The predicted octanol–water partition coefficient (Wildman–Crippen LogP) is 3.56. The molecule has 0 saturated heterocycles. The van der Waals surface area contributed by atoms with E-state index in [1.54, 1.807) is 11.3 Å². The summed E-state index contributed by atoms with van der Waals surface area (Å²) in [7, 11) is 0. The van der Waals surface area contributed by atoms with Gasteiger partial charge in [0.05, 0.1) is 5.69 Å². The molecule has 19 heavy (non-hydrogen) atoms. The maximum Gasteiger partial charge on any atom is 0.262 e. The number of rotatable bonds is 2. The van der Waals surface area contributed by atoms with E-state index in [1.165, 1.54) is 11.1 Å². The Hall–Kier alpha value is -2.07. The van der Waals surface area contributed by atoms with E-state index in [9.17, 15) is 4.79 Å². The van der Waals surface area contributed by atoms with E-state index in [4.69, 9.17) is 4.74 Å². The third kappa shape index (κ3) is 2.53. The number of fused-ring (bicyclic) bond motifs is 1. The van der Waals surface area contributed by atoms with E-state index >= 15 is 0 Å². The first-order valence-electron chi connectivity index (χ1n) is 6.00. The van der Waals surface area contributed by atoms with Crippen LogP contribution >= 0.6 is 11.3 Å². The third-order valence-electron chi connectivity index (χ3n) is 2.99. The van der Waals surface area contributed by atoms with E-state index in [-0.39, 0.29) is 12.5 Å². The first-order chi connectivity index (χ1) is 9.22. The number of hydrogen-bond donors (Lipinski definition) is 1. The summed E-state index contributed by atoms with van der Waals surface area (Å²) in [6.45, 7) is 2.19. The molecule has 1 aliphatic heterocycles. The van der Waals surface area contributed by atoms with Crippen molar-refractivity contribution >= 4 is 35.1 Å². The molecule has 0 unspecified atom stereocenters. The van der Waals surface area contributed by atoms with E-state index in [2.05, 4.69) is 29.1 Å². The fraction of sp³-hybridized carbons (Fsp3) is 0.133. The van der Waals surface area contributed by atoms with E-state index in [0.29, 0.717) is 0 Å². The van der Waals surface area contributed by atoms with E-state index < -0.39 is 0 Å². The third-order valence-corrected chi connectivity index (χ3v) is 3.87. The van der Waals surface area contributed by atoms with Gasteiger partial charge in [0, 0.05) is 0 Å². The Kier molecular flexibility index (Phi) is 3.09. The molecule has 1 aliphatic rings. The lowest BCUT2D eigenvalue weighted by Crippen LogP contribution is -2.25. The zero-order valence-electron chi connectivity index (χ0n) is 10.5. The molecule has 4 heteroatoms. The molecule has 0 spiro atoms. The first kappa shape index (κ1) is 12.0. The molecule has 1 N–H and O–H groups in total. The van der Waals surface area contributed by atoms with Crippen molar-refractivity contribution in [2.45, 2.75) is 6.92 Å². The summed E-state index contributed by atoms with van der Waals surface area (Å²) in [4.78, 5) is 11.3. The summed E-state index contributed by atoms with van der Waals surface area (Å²) in [5, 5.41) is 7.05.